The van der Waals surface area contributed by atoms with Crippen LogP contribution < -0.4 is 0 Å². The van der Waals surface area contributed by atoms with E-state index < -0.39 is 0 Å². The molecule has 5 aromatic rings. The van der Waals surface area contributed by atoms with Crippen molar-refractivity contribution in [1.29, 1.82) is 5.26 Å². The number of fused-ring (bicyclic) bond motifs is 2. The largest absolute Gasteiger partial charge is 0.441 e. The van der Waals surface area contributed by atoms with E-state index in [0.717, 1.165) is 77.7 Å². The first kappa shape index (κ1) is 28.7. The summed E-state index contributed by atoms with van der Waals surface area (Å²) in [6.07, 6.45) is 12.0. The molecule has 44 heavy (non-hydrogen) atoms. The van der Waals surface area contributed by atoms with Crippen LogP contribution in [0.1, 0.15) is 47.4 Å². The van der Waals surface area contributed by atoms with Gasteiger partial charge in [0.2, 0.25) is 11.8 Å². The first-order valence-corrected chi connectivity index (χ1v) is 14.7. The van der Waals surface area contributed by atoms with Crippen molar-refractivity contribution in [3.8, 4) is 29.0 Å². The van der Waals surface area contributed by atoms with Crippen molar-refractivity contribution in [2.45, 2.75) is 44.4 Å². The highest BCUT2D eigenvalue weighted by atomic mass is 16.4. The van der Waals surface area contributed by atoms with Crippen LogP contribution in [0.2, 0.25) is 0 Å². The van der Waals surface area contributed by atoms with Crippen molar-refractivity contribution in [2.75, 3.05) is 0 Å². The van der Waals surface area contributed by atoms with Crippen molar-refractivity contribution >= 4 is 5.71 Å². The average molecular weight is 581 g/mol. The lowest BCUT2D eigenvalue weighted by Gasteiger charge is -2.21. The molecule has 0 saturated heterocycles. The number of benzene rings is 2. The van der Waals surface area contributed by atoms with Gasteiger partial charge in [-0.2, -0.15) is 5.26 Å². The van der Waals surface area contributed by atoms with Gasteiger partial charge in [0, 0.05) is 60.6 Å². The fourth-order valence-corrected chi connectivity index (χ4v) is 5.75. The first-order valence-electron chi connectivity index (χ1n) is 14.7. The second-order valence-electron chi connectivity index (χ2n) is 10.8. The molecule has 0 aliphatic heterocycles. The number of aliphatic imine (C=N–C) groups is 1. The number of aromatic nitrogens is 4. The van der Waals surface area contributed by atoms with Crippen molar-refractivity contribution in [1.82, 2.24) is 19.9 Å². The summed E-state index contributed by atoms with van der Waals surface area (Å²) in [5.74, 6) is 3.74. The van der Waals surface area contributed by atoms with Crippen LogP contribution in [0.15, 0.2) is 118 Å². The minimum absolute atomic E-state index is 0.115. The number of oxazole rings is 2. The van der Waals surface area contributed by atoms with Crippen LogP contribution in [-0.4, -0.2) is 25.6 Å². The van der Waals surface area contributed by atoms with E-state index in [1.54, 1.807) is 12.4 Å². The summed E-state index contributed by atoms with van der Waals surface area (Å²) in [5, 5.41) is 9.11. The second kappa shape index (κ2) is 13.3. The lowest BCUT2D eigenvalue weighted by Crippen LogP contribution is -2.23. The predicted octanol–water partition coefficient (Wildman–Crippen LogP) is 7.51. The first-order chi connectivity index (χ1) is 21.6. The van der Waals surface area contributed by atoms with Crippen LogP contribution in [0.5, 0.6) is 0 Å². The maximum absolute atomic E-state index is 9.11. The number of nitrogens with zero attached hydrogens (tertiary/aromatic N) is 6. The lowest BCUT2D eigenvalue weighted by atomic mass is 9.84. The van der Waals surface area contributed by atoms with Crippen molar-refractivity contribution in [3.05, 3.63) is 133 Å². The summed E-state index contributed by atoms with van der Waals surface area (Å²) in [7, 11) is 0. The van der Waals surface area contributed by atoms with Gasteiger partial charge in [-0.3, -0.25) is 15.0 Å². The lowest BCUT2D eigenvalue weighted by molar-refractivity contribution is 0.453. The molecule has 0 saturated carbocycles. The van der Waals surface area contributed by atoms with Crippen LogP contribution in [0.4, 0.5) is 0 Å². The second-order valence-corrected chi connectivity index (χ2v) is 10.8. The maximum Gasteiger partial charge on any atom is 0.226 e. The fraction of sp³-hybridized carbons (Fsp3) is 0.222. The van der Waals surface area contributed by atoms with Crippen LogP contribution in [0.3, 0.4) is 0 Å². The average Bonchev–Trinajstić information content (AvgIpc) is 3.72. The van der Waals surface area contributed by atoms with Gasteiger partial charge in [0.1, 0.15) is 17.6 Å². The van der Waals surface area contributed by atoms with Crippen LogP contribution in [0, 0.1) is 17.2 Å². The van der Waals surface area contributed by atoms with E-state index in [-0.39, 0.29) is 5.92 Å². The zero-order chi connectivity index (χ0) is 30.3. The molecule has 0 bridgehead atoms. The Balaban J connectivity index is 0.000000156. The van der Waals surface area contributed by atoms with Crippen LogP contribution in [-0.2, 0) is 25.7 Å². The highest BCUT2D eigenvalue weighted by Gasteiger charge is 2.29. The Morgan fingerprint density at radius 3 is 2.05 bits per heavy atom. The van der Waals surface area contributed by atoms with E-state index in [1.807, 2.05) is 66.9 Å². The third-order valence-electron chi connectivity index (χ3n) is 7.98. The molecular formula is C36H32N6O2. The fourth-order valence-electron chi connectivity index (χ4n) is 5.75. The van der Waals surface area contributed by atoms with Crippen molar-refractivity contribution in [2.24, 2.45) is 10.9 Å². The van der Waals surface area contributed by atoms with E-state index >= 15 is 0 Å². The van der Waals surface area contributed by atoms with Crippen molar-refractivity contribution < 1.29 is 8.83 Å². The molecule has 0 fully saturated rings. The molecule has 2 aliphatic carbocycles. The molecule has 2 unspecified atom stereocenters. The Hall–Kier alpha value is -5.42. The summed E-state index contributed by atoms with van der Waals surface area (Å²) in [5.41, 5.74) is 6.23. The normalized spacial score (nSPS) is 17.3. The van der Waals surface area contributed by atoms with E-state index in [0.29, 0.717) is 29.5 Å². The maximum atomic E-state index is 9.11. The van der Waals surface area contributed by atoms with E-state index in [4.69, 9.17) is 14.1 Å². The Kier molecular flexibility index (Phi) is 8.65. The number of hydrogen-bond donors (Lipinski definition) is 0. The summed E-state index contributed by atoms with van der Waals surface area (Å²) in [6.45, 7) is 7.42. The van der Waals surface area contributed by atoms with Gasteiger partial charge < -0.3 is 8.83 Å². The van der Waals surface area contributed by atoms with Gasteiger partial charge in [-0.15, -0.1) is 0 Å². The number of allylic oxidation sites excluding steroid dienone is 1. The quantitative estimate of drug-likeness (QED) is 0.151. The Morgan fingerprint density at radius 1 is 0.864 bits per heavy atom. The zero-order valence-corrected chi connectivity index (χ0v) is 24.4. The Bertz CT molecular complexity index is 1820. The van der Waals surface area contributed by atoms with Gasteiger partial charge in [0.15, 0.2) is 0 Å². The molecule has 2 aliphatic rings. The smallest absolute Gasteiger partial charge is 0.226 e. The standard InChI is InChI=1S/C19H17N3O.C17H15N3O/c1-3-21-18(13(2)12-20)15-9-10-16-17(11-15)23-19(22-16)14-7-5-4-6-8-14;1-2-4-12(5-3-1)17-20-14-7-6-13(10-16(14)21-17)15-11-18-8-9-19-15/h3-8,15H,1-2,9-11H2;1-5,8-9,11,13H,6-7,10H2. The van der Waals surface area contributed by atoms with E-state index in [9.17, 15) is 0 Å². The molecule has 218 valence electrons. The molecule has 8 nitrogen and oxygen atoms in total. The number of hydrogen-bond acceptors (Lipinski definition) is 8. The van der Waals surface area contributed by atoms with E-state index in [2.05, 4.69) is 44.2 Å². The predicted molar refractivity (Wildman–Crippen MR) is 169 cm³/mol. The van der Waals surface area contributed by atoms with Crippen molar-refractivity contribution in [3.63, 3.8) is 0 Å². The van der Waals surface area contributed by atoms with Gasteiger partial charge in [0.05, 0.1) is 28.4 Å². The number of nitriles is 1. The molecule has 2 atom stereocenters. The van der Waals surface area contributed by atoms with Gasteiger partial charge in [-0.25, -0.2) is 9.97 Å². The van der Waals surface area contributed by atoms with Gasteiger partial charge in [-0.05, 0) is 49.9 Å². The zero-order valence-electron chi connectivity index (χ0n) is 24.4. The third kappa shape index (κ3) is 6.32. The molecule has 0 spiro atoms. The van der Waals surface area contributed by atoms with Gasteiger partial charge >= 0.3 is 0 Å². The van der Waals surface area contributed by atoms with Gasteiger partial charge in [-0.1, -0.05) is 49.6 Å². The van der Waals surface area contributed by atoms with Gasteiger partial charge in [0.25, 0.3) is 0 Å². The minimum Gasteiger partial charge on any atom is -0.441 e. The van der Waals surface area contributed by atoms with Crippen LogP contribution in [0.25, 0.3) is 22.9 Å². The number of aryl methyl sites for hydroxylation is 2. The summed E-state index contributed by atoms with van der Waals surface area (Å²) < 4.78 is 11.9. The molecule has 3 heterocycles. The summed E-state index contributed by atoms with van der Waals surface area (Å²) in [4.78, 5) is 22.1. The minimum atomic E-state index is 0.115. The molecule has 2 aromatic carbocycles. The highest BCUT2D eigenvalue weighted by molar-refractivity contribution is 6.05. The van der Waals surface area contributed by atoms with E-state index in [1.165, 1.54) is 6.20 Å². The summed E-state index contributed by atoms with van der Waals surface area (Å²) in [6, 6.07) is 22.0. The molecule has 0 radical (unpaired) electrons. The SMILES string of the molecule is C=CN=C(C(=C)C#N)C1CCc2nc(-c3ccccc3)oc2C1.c1ccc(-c2nc3c(o2)CC(c2cnccn2)CC3)cc1. The molecule has 3 aromatic heterocycles. The monoisotopic (exact) mass is 580 g/mol. The highest BCUT2D eigenvalue weighted by Crippen LogP contribution is 2.34. The molecule has 0 amide bonds. The Labute approximate surface area is 256 Å². The Morgan fingerprint density at radius 2 is 1.48 bits per heavy atom. The molecule has 8 heteroatoms. The third-order valence-corrected chi connectivity index (χ3v) is 7.98. The van der Waals surface area contributed by atoms with Crippen LogP contribution >= 0.6 is 0 Å². The summed E-state index contributed by atoms with van der Waals surface area (Å²) >= 11 is 0. The molecule has 7 rings (SSSR count). The molecule has 0 N–H and O–H groups in total. The number of rotatable bonds is 6. The topological polar surface area (TPSA) is 114 Å². The molecular weight excluding hydrogens is 548 g/mol.